The summed E-state index contributed by atoms with van der Waals surface area (Å²) in [5, 5.41) is 7.45. The van der Waals surface area contributed by atoms with Crippen molar-refractivity contribution in [2.45, 2.75) is 51.4 Å². The van der Waals surface area contributed by atoms with E-state index in [9.17, 15) is 4.79 Å². The van der Waals surface area contributed by atoms with E-state index < -0.39 is 0 Å². The molecular weight excluding hydrogens is 320 g/mol. The maximum Gasteiger partial charge on any atom is 0.226 e. The Morgan fingerprint density at radius 2 is 2.12 bits per heavy atom. The van der Waals surface area contributed by atoms with E-state index in [-0.39, 0.29) is 11.3 Å². The van der Waals surface area contributed by atoms with Crippen LogP contribution in [0.4, 0.5) is 0 Å². The molecular formula is C20H29ClN2O. The molecule has 2 N–H and O–H groups in total. The Bertz CT molecular complexity index is 548. The third-order valence-electron chi connectivity index (χ3n) is 5.71. The van der Waals surface area contributed by atoms with Crippen molar-refractivity contribution < 1.29 is 4.79 Å². The normalized spacial score (nSPS) is 23.1. The standard InChI is InChI=1S/C20H29ClN2O/c21-18-7-3-5-17(13-18)14-20(9-1-2-10-20)19(24)23-12-8-16-6-4-11-22-15-16/h3,5,7,13,16,22H,1-2,4,6,8-12,14-15H2,(H,23,24). The number of rotatable bonds is 6. The Labute approximate surface area is 150 Å². The maximum atomic E-state index is 12.9. The lowest BCUT2D eigenvalue weighted by Gasteiger charge is -2.29. The summed E-state index contributed by atoms with van der Waals surface area (Å²) >= 11 is 6.12. The molecule has 0 spiro atoms. The molecule has 1 aromatic carbocycles. The number of carbonyl (C=O) groups is 1. The molecule has 0 aromatic heterocycles. The topological polar surface area (TPSA) is 41.1 Å². The average Bonchev–Trinajstić information content (AvgIpc) is 3.05. The fourth-order valence-corrected chi connectivity index (χ4v) is 4.53. The van der Waals surface area contributed by atoms with Crippen molar-refractivity contribution in [2.24, 2.45) is 11.3 Å². The quantitative estimate of drug-likeness (QED) is 0.817. The van der Waals surface area contributed by atoms with Crippen molar-refractivity contribution in [3.63, 3.8) is 0 Å². The third kappa shape index (κ3) is 4.52. The molecule has 1 saturated heterocycles. The van der Waals surface area contributed by atoms with E-state index in [2.05, 4.69) is 16.7 Å². The minimum Gasteiger partial charge on any atom is -0.356 e. The molecule has 3 rings (SSSR count). The minimum absolute atomic E-state index is 0.227. The fourth-order valence-electron chi connectivity index (χ4n) is 4.32. The molecule has 1 unspecified atom stereocenters. The van der Waals surface area contributed by atoms with Crippen LogP contribution in [0.2, 0.25) is 5.02 Å². The van der Waals surface area contributed by atoms with Crippen LogP contribution in [-0.2, 0) is 11.2 Å². The van der Waals surface area contributed by atoms with Crippen molar-refractivity contribution in [1.82, 2.24) is 10.6 Å². The first kappa shape index (κ1) is 17.8. The molecule has 4 heteroatoms. The second-order valence-electron chi connectivity index (χ2n) is 7.55. The molecule has 1 aliphatic carbocycles. The van der Waals surface area contributed by atoms with Crippen LogP contribution in [0.1, 0.15) is 50.5 Å². The molecule has 1 aliphatic heterocycles. The van der Waals surface area contributed by atoms with Gasteiger partial charge in [0.2, 0.25) is 5.91 Å². The lowest BCUT2D eigenvalue weighted by molar-refractivity contribution is -0.130. The van der Waals surface area contributed by atoms with Crippen molar-refractivity contribution >= 4 is 17.5 Å². The van der Waals surface area contributed by atoms with Gasteiger partial charge in [-0.1, -0.05) is 36.6 Å². The lowest BCUT2D eigenvalue weighted by atomic mass is 9.79. The minimum atomic E-state index is -0.227. The number of halogens is 1. The Morgan fingerprint density at radius 1 is 1.29 bits per heavy atom. The fraction of sp³-hybridized carbons (Fsp3) is 0.650. The molecule has 1 heterocycles. The van der Waals surface area contributed by atoms with Gasteiger partial charge in [-0.25, -0.2) is 0 Å². The Morgan fingerprint density at radius 3 is 2.83 bits per heavy atom. The summed E-state index contributed by atoms with van der Waals surface area (Å²) in [6, 6.07) is 7.97. The van der Waals surface area contributed by atoms with E-state index in [4.69, 9.17) is 11.6 Å². The van der Waals surface area contributed by atoms with Crippen molar-refractivity contribution in [3.8, 4) is 0 Å². The van der Waals surface area contributed by atoms with Gasteiger partial charge in [0.15, 0.2) is 0 Å². The zero-order chi connectivity index (χ0) is 16.8. The Hall–Kier alpha value is -1.06. The van der Waals surface area contributed by atoms with Gasteiger partial charge in [-0.05, 0) is 75.2 Å². The molecule has 24 heavy (non-hydrogen) atoms. The van der Waals surface area contributed by atoms with Gasteiger partial charge in [0.25, 0.3) is 0 Å². The summed E-state index contributed by atoms with van der Waals surface area (Å²) in [6.07, 6.45) is 8.75. The number of hydrogen-bond acceptors (Lipinski definition) is 2. The van der Waals surface area contributed by atoms with Gasteiger partial charge in [-0.15, -0.1) is 0 Å². The van der Waals surface area contributed by atoms with E-state index in [0.29, 0.717) is 5.92 Å². The highest BCUT2D eigenvalue weighted by Gasteiger charge is 2.40. The van der Waals surface area contributed by atoms with E-state index in [1.807, 2.05) is 18.2 Å². The summed E-state index contributed by atoms with van der Waals surface area (Å²) in [6.45, 7) is 3.05. The number of amides is 1. The molecule has 0 bridgehead atoms. The summed E-state index contributed by atoms with van der Waals surface area (Å²) in [4.78, 5) is 12.9. The van der Waals surface area contributed by atoms with Crippen LogP contribution in [0, 0.1) is 11.3 Å². The molecule has 1 atom stereocenters. The van der Waals surface area contributed by atoms with Gasteiger partial charge < -0.3 is 10.6 Å². The highest BCUT2D eigenvalue weighted by atomic mass is 35.5. The average molecular weight is 349 g/mol. The van der Waals surface area contributed by atoms with Crippen LogP contribution in [0.5, 0.6) is 0 Å². The number of benzene rings is 1. The SMILES string of the molecule is O=C(NCCC1CCCNC1)C1(Cc2cccc(Cl)c2)CCCC1. The molecule has 132 valence electrons. The van der Waals surface area contributed by atoms with Crippen molar-refractivity contribution in [2.75, 3.05) is 19.6 Å². The molecule has 2 fully saturated rings. The lowest BCUT2D eigenvalue weighted by Crippen LogP contribution is -2.42. The smallest absolute Gasteiger partial charge is 0.226 e. The first-order valence-electron chi connectivity index (χ1n) is 9.41. The second kappa shape index (κ2) is 8.35. The van der Waals surface area contributed by atoms with E-state index >= 15 is 0 Å². The van der Waals surface area contributed by atoms with Crippen LogP contribution in [0.3, 0.4) is 0 Å². The summed E-state index contributed by atoms with van der Waals surface area (Å²) in [7, 11) is 0. The maximum absolute atomic E-state index is 12.9. The van der Waals surface area contributed by atoms with Crippen LogP contribution in [-0.4, -0.2) is 25.5 Å². The van der Waals surface area contributed by atoms with Crippen LogP contribution in [0.15, 0.2) is 24.3 Å². The number of piperidine rings is 1. The van der Waals surface area contributed by atoms with Gasteiger partial charge in [-0.2, -0.15) is 0 Å². The van der Waals surface area contributed by atoms with Crippen LogP contribution < -0.4 is 10.6 Å². The van der Waals surface area contributed by atoms with Gasteiger partial charge in [-0.3, -0.25) is 4.79 Å². The van der Waals surface area contributed by atoms with Crippen LogP contribution in [0.25, 0.3) is 0 Å². The predicted octanol–water partition coefficient (Wildman–Crippen LogP) is 3.95. The molecule has 3 nitrogen and oxygen atoms in total. The predicted molar refractivity (Wildman–Crippen MR) is 99.3 cm³/mol. The van der Waals surface area contributed by atoms with Gasteiger partial charge in [0.05, 0.1) is 5.41 Å². The highest BCUT2D eigenvalue weighted by molar-refractivity contribution is 6.30. The number of hydrogen-bond donors (Lipinski definition) is 2. The first-order valence-corrected chi connectivity index (χ1v) is 9.79. The summed E-state index contributed by atoms with van der Waals surface area (Å²) in [5.74, 6) is 0.968. The largest absolute Gasteiger partial charge is 0.356 e. The van der Waals surface area contributed by atoms with Gasteiger partial charge >= 0.3 is 0 Å². The van der Waals surface area contributed by atoms with Crippen molar-refractivity contribution in [3.05, 3.63) is 34.9 Å². The Kier molecular flexibility index (Phi) is 6.18. The number of carbonyl (C=O) groups excluding carboxylic acids is 1. The molecule has 1 saturated carbocycles. The Balaban J connectivity index is 1.56. The van der Waals surface area contributed by atoms with E-state index in [1.165, 1.54) is 18.4 Å². The van der Waals surface area contributed by atoms with Crippen molar-refractivity contribution in [1.29, 1.82) is 0 Å². The molecule has 1 amide bonds. The van der Waals surface area contributed by atoms with Gasteiger partial charge in [0, 0.05) is 11.6 Å². The summed E-state index contributed by atoms with van der Waals surface area (Å²) in [5.41, 5.74) is 0.950. The third-order valence-corrected chi connectivity index (χ3v) is 5.95. The summed E-state index contributed by atoms with van der Waals surface area (Å²) < 4.78 is 0. The highest BCUT2D eigenvalue weighted by Crippen LogP contribution is 2.41. The molecule has 2 aliphatic rings. The van der Waals surface area contributed by atoms with E-state index in [0.717, 1.165) is 63.2 Å². The van der Waals surface area contributed by atoms with Crippen LogP contribution >= 0.6 is 11.6 Å². The first-order chi connectivity index (χ1) is 11.7. The van der Waals surface area contributed by atoms with Gasteiger partial charge in [0.1, 0.15) is 0 Å². The zero-order valence-electron chi connectivity index (χ0n) is 14.5. The zero-order valence-corrected chi connectivity index (χ0v) is 15.2. The van der Waals surface area contributed by atoms with E-state index in [1.54, 1.807) is 0 Å². The second-order valence-corrected chi connectivity index (χ2v) is 7.99. The molecule has 1 aromatic rings. The number of nitrogens with one attached hydrogen (secondary N) is 2. The molecule has 0 radical (unpaired) electrons. The monoisotopic (exact) mass is 348 g/mol.